The number of carbonyl (C=O) groups excluding carboxylic acids is 1. The third kappa shape index (κ3) is 5.10. The molecule has 0 fully saturated rings. The van der Waals surface area contributed by atoms with Crippen LogP contribution >= 0.6 is 0 Å². The number of hydrogen-bond donors (Lipinski definition) is 1. The standard InChI is InChI=1S/C19H19N3O6S2/c1-3-30(26,27)16-10-6-14(7-11-16)18-21-22-19(28-18)20-17(23)12-13-4-8-15(9-5-13)29(2,24)25/h4-11H,3,12H2,1-2H3,(H,20,22,23). The number of rotatable bonds is 7. The van der Waals surface area contributed by atoms with Gasteiger partial charge in [-0.15, -0.1) is 5.10 Å². The SMILES string of the molecule is CCS(=O)(=O)c1ccc(-c2nnc(NC(=O)Cc3ccc(S(C)(=O)=O)cc3)o2)cc1. The second kappa shape index (κ2) is 8.36. The summed E-state index contributed by atoms with van der Waals surface area (Å²) >= 11 is 0. The average Bonchev–Trinajstić information content (AvgIpc) is 3.16. The van der Waals surface area contributed by atoms with Crippen molar-refractivity contribution < 1.29 is 26.0 Å². The average molecular weight is 450 g/mol. The molecule has 1 aromatic heterocycles. The smallest absolute Gasteiger partial charge is 0.322 e. The van der Waals surface area contributed by atoms with E-state index in [0.29, 0.717) is 11.1 Å². The maximum Gasteiger partial charge on any atom is 0.322 e. The molecule has 0 aliphatic carbocycles. The molecule has 0 saturated heterocycles. The van der Waals surface area contributed by atoms with E-state index in [9.17, 15) is 21.6 Å². The van der Waals surface area contributed by atoms with Gasteiger partial charge in [-0.05, 0) is 42.0 Å². The van der Waals surface area contributed by atoms with E-state index < -0.39 is 25.6 Å². The van der Waals surface area contributed by atoms with Crippen molar-refractivity contribution in [3.8, 4) is 11.5 Å². The third-order valence-corrected chi connectivity index (χ3v) is 7.11. The summed E-state index contributed by atoms with van der Waals surface area (Å²) < 4.78 is 52.1. The van der Waals surface area contributed by atoms with Crippen LogP contribution in [-0.4, -0.2) is 44.9 Å². The molecule has 0 bridgehead atoms. The minimum atomic E-state index is -3.31. The number of carbonyl (C=O) groups is 1. The number of sulfone groups is 2. The molecule has 0 unspecified atom stereocenters. The van der Waals surface area contributed by atoms with Gasteiger partial charge in [0.15, 0.2) is 19.7 Å². The van der Waals surface area contributed by atoms with Crippen molar-refractivity contribution in [1.29, 1.82) is 0 Å². The van der Waals surface area contributed by atoms with Gasteiger partial charge in [-0.25, -0.2) is 16.8 Å². The molecule has 3 aromatic rings. The highest BCUT2D eigenvalue weighted by molar-refractivity contribution is 7.91. The first-order chi connectivity index (χ1) is 14.1. The summed E-state index contributed by atoms with van der Waals surface area (Å²) in [5.74, 6) is -0.287. The fourth-order valence-electron chi connectivity index (χ4n) is 2.57. The van der Waals surface area contributed by atoms with Gasteiger partial charge >= 0.3 is 6.01 Å². The number of amides is 1. The molecular weight excluding hydrogens is 430 g/mol. The van der Waals surface area contributed by atoms with Gasteiger partial charge in [0.05, 0.1) is 22.0 Å². The quantitative estimate of drug-likeness (QED) is 0.579. The zero-order valence-corrected chi connectivity index (χ0v) is 17.8. The van der Waals surface area contributed by atoms with Crippen molar-refractivity contribution in [3.05, 3.63) is 54.1 Å². The summed E-state index contributed by atoms with van der Waals surface area (Å²) in [4.78, 5) is 12.5. The van der Waals surface area contributed by atoms with Crippen molar-refractivity contribution in [1.82, 2.24) is 10.2 Å². The Morgan fingerprint density at radius 1 is 0.933 bits per heavy atom. The van der Waals surface area contributed by atoms with Crippen molar-refractivity contribution in [2.45, 2.75) is 23.1 Å². The predicted molar refractivity (Wildman–Crippen MR) is 109 cm³/mol. The van der Waals surface area contributed by atoms with Crippen LogP contribution in [0.2, 0.25) is 0 Å². The van der Waals surface area contributed by atoms with Crippen molar-refractivity contribution in [2.75, 3.05) is 17.3 Å². The lowest BCUT2D eigenvalue weighted by atomic mass is 10.1. The molecule has 1 amide bonds. The Morgan fingerprint density at radius 3 is 2.10 bits per heavy atom. The zero-order valence-electron chi connectivity index (χ0n) is 16.2. The number of nitrogens with one attached hydrogen (secondary N) is 1. The van der Waals surface area contributed by atoms with E-state index >= 15 is 0 Å². The number of benzene rings is 2. The Bertz CT molecular complexity index is 1260. The number of nitrogens with zero attached hydrogens (tertiary/aromatic N) is 2. The molecule has 0 spiro atoms. The summed E-state index contributed by atoms with van der Waals surface area (Å²) in [6, 6.07) is 11.9. The number of anilines is 1. The van der Waals surface area contributed by atoms with E-state index in [2.05, 4.69) is 15.5 Å². The van der Waals surface area contributed by atoms with Crippen molar-refractivity contribution in [2.24, 2.45) is 0 Å². The molecule has 11 heteroatoms. The highest BCUT2D eigenvalue weighted by atomic mass is 32.2. The lowest BCUT2D eigenvalue weighted by molar-refractivity contribution is -0.115. The lowest BCUT2D eigenvalue weighted by Gasteiger charge is -2.03. The van der Waals surface area contributed by atoms with Crippen LogP contribution in [0.3, 0.4) is 0 Å². The fourth-order valence-corrected chi connectivity index (χ4v) is 4.08. The summed E-state index contributed by atoms with van der Waals surface area (Å²) in [6.45, 7) is 1.57. The van der Waals surface area contributed by atoms with Crippen LogP contribution in [0, 0.1) is 0 Å². The van der Waals surface area contributed by atoms with Gasteiger partial charge in [0.1, 0.15) is 0 Å². The van der Waals surface area contributed by atoms with E-state index in [0.717, 1.165) is 6.26 Å². The van der Waals surface area contributed by atoms with Crippen LogP contribution in [0.5, 0.6) is 0 Å². The number of hydrogen-bond acceptors (Lipinski definition) is 8. The Morgan fingerprint density at radius 2 is 1.53 bits per heavy atom. The van der Waals surface area contributed by atoms with Gasteiger partial charge < -0.3 is 4.42 Å². The lowest BCUT2D eigenvalue weighted by Crippen LogP contribution is -2.14. The van der Waals surface area contributed by atoms with Crippen LogP contribution in [0.1, 0.15) is 12.5 Å². The van der Waals surface area contributed by atoms with E-state index in [4.69, 9.17) is 4.42 Å². The molecule has 2 aromatic carbocycles. The molecule has 158 valence electrons. The van der Waals surface area contributed by atoms with Gasteiger partial charge in [-0.3, -0.25) is 10.1 Å². The highest BCUT2D eigenvalue weighted by Gasteiger charge is 2.15. The van der Waals surface area contributed by atoms with Crippen molar-refractivity contribution in [3.63, 3.8) is 0 Å². The largest absolute Gasteiger partial charge is 0.403 e. The van der Waals surface area contributed by atoms with E-state index in [1.165, 1.54) is 24.3 Å². The molecule has 0 atom stereocenters. The Hall–Kier alpha value is -3.05. The first kappa shape index (κ1) is 21.7. The molecule has 1 heterocycles. The van der Waals surface area contributed by atoms with Gasteiger partial charge in [0.2, 0.25) is 11.8 Å². The minimum Gasteiger partial charge on any atom is -0.403 e. The molecule has 0 radical (unpaired) electrons. The molecule has 30 heavy (non-hydrogen) atoms. The normalized spacial score (nSPS) is 11.9. The summed E-state index contributed by atoms with van der Waals surface area (Å²) in [7, 11) is -6.61. The van der Waals surface area contributed by atoms with E-state index in [1.807, 2.05) is 0 Å². The fraction of sp³-hybridized carbons (Fsp3) is 0.211. The van der Waals surface area contributed by atoms with Gasteiger partial charge in [0, 0.05) is 11.8 Å². The molecule has 3 rings (SSSR count). The maximum atomic E-state index is 12.2. The summed E-state index contributed by atoms with van der Waals surface area (Å²) in [5.41, 5.74) is 1.13. The summed E-state index contributed by atoms with van der Waals surface area (Å²) in [6.07, 6.45) is 1.10. The van der Waals surface area contributed by atoms with Crippen LogP contribution in [0.4, 0.5) is 6.01 Å². The van der Waals surface area contributed by atoms with Crippen LogP contribution in [0.15, 0.2) is 62.7 Å². The van der Waals surface area contributed by atoms with Crippen LogP contribution in [-0.2, 0) is 30.9 Å². The Labute approximate surface area is 174 Å². The van der Waals surface area contributed by atoms with Gasteiger partial charge in [-0.2, -0.15) is 0 Å². The van der Waals surface area contributed by atoms with E-state index in [1.54, 1.807) is 31.2 Å². The van der Waals surface area contributed by atoms with Gasteiger partial charge in [0.25, 0.3) is 0 Å². The summed E-state index contributed by atoms with van der Waals surface area (Å²) in [5, 5.41) is 10.1. The van der Waals surface area contributed by atoms with Crippen LogP contribution < -0.4 is 5.32 Å². The Kier molecular flexibility index (Phi) is 6.04. The number of aromatic nitrogens is 2. The Balaban J connectivity index is 1.66. The van der Waals surface area contributed by atoms with Crippen LogP contribution in [0.25, 0.3) is 11.5 Å². The molecule has 1 N–H and O–H groups in total. The van der Waals surface area contributed by atoms with Crippen molar-refractivity contribution >= 4 is 31.6 Å². The molecule has 0 aliphatic rings. The predicted octanol–water partition coefficient (Wildman–Crippen LogP) is 2.11. The topological polar surface area (TPSA) is 136 Å². The first-order valence-electron chi connectivity index (χ1n) is 8.84. The minimum absolute atomic E-state index is 0.0000670. The monoisotopic (exact) mass is 449 g/mol. The van der Waals surface area contributed by atoms with Gasteiger partial charge in [-0.1, -0.05) is 24.2 Å². The maximum absolute atomic E-state index is 12.2. The third-order valence-electron chi connectivity index (χ3n) is 4.23. The van der Waals surface area contributed by atoms with E-state index in [-0.39, 0.29) is 33.9 Å². The zero-order chi connectivity index (χ0) is 21.9. The molecule has 9 nitrogen and oxygen atoms in total. The first-order valence-corrected chi connectivity index (χ1v) is 12.4. The second-order valence-electron chi connectivity index (χ2n) is 6.48. The molecule has 0 saturated carbocycles. The second-order valence-corrected chi connectivity index (χ2v) is 10.8. The molecule has 0 aliphatic heterocycles. The molecular formula is C19H19N3O6S2. The highest BCUT2D eigenvalue weighted by Crippen LogP contribution is 2.22.